The highest BCUT2D eigenvalue weighted by atomic mass is 35.5. The van der Waals surface area contributed by atoms with Crippen LogP contribution in [0.3, 0.4) is 0 Å². The Morgan fingerprint density at radius 2 is 2.00 bits per heavy atom. The number of aryl methyl sites for hydroxylation is 1. The van der Waals surface area contributed by atoms with E-state index in [2.05, 4.69) is 10.6 Å². The van der Waals surface area contributed by atoms with E-state index >= 15 is 0 Å². The minimum Gasteiger partial charge on any atom is -0.480 e. The number of nitrogens with one attached hydrogen (secondary N) is 2. The predicted molar refractivity (Wildman–Crippen MR) is 71.4 cm³/mol. The maximum absolute atomic E-state index is 11.7. The van der Waals surface area contributed by atoms with Crippen molar-refractivity contribution in [3.05, 3.63) is 28.8 Å². The van der Waals surface area contributed by atoms with Gasteiger partial charge in [-0.25, -0.2) is 9.59 Å². The second-order valence-electron chi connectivity index (χ2n) is 4.11. The van der Waals surface area contributed by atoms with Crippen LogP contribution in [-0.4, -0.2) is 34.4 Å². The number of urea groups is 1. The minimum atomic E-state index is -1.38. The average molecular weight is 287 g/mol. The van der Waals surface area contributed by atoms with Gasteiger partial charge in [0.2, 0.25) is 0 Å². The SMILES string of the molecule is Cc1ccc(Cl)cc1NC(=O)N[C@H](C(=O)O)[C@@H](C)O. The highest BCUT2D eigenvalue weighted by Crippen LogP contribution is 2.19. The number of aliphatic hydroxyl groups excluding tert-OH is 1. The molecule has 0 aliphatic carbocycles. The van der Waals surface area contributed by atoms with E-state index in [0.29, 0.717) is 10.7 Å². The van der Waals surface area contributed by atoms with Gasteiger partial charge in [0.1, 0.15) is 0 Å². The van der Waals surface area contributed by atoms with Crippen LogP contribution in [0.2, 0.25) is 5.02 Å². The Balaban J connectivity index is 2.74. The molecule has 104 valence electrons. The van der Waals surface area contributed by atoms with Gasteiger partial charge in [0, 0.05) is 10.7 Å². The number of amides is 2. The van der Waals surface area contributed by atoms with Crippen molar-refractivity contribution < 1.29 is 19.8 Å². The third-order valence-corrected chi connectivity index (χ3v) is 2.72. The third-order valence-electron chi connectivity index (χ3n) is 2.48. The Hall–Kier alpha value is -1.79. The molecule has 0 aromatic heterocycles. The van der Waals surface area contributed by atoms with Crippen LogP contribution in [-0.2, 0) is 4.79 Å². The summed E-state index contributed by atoms with van der Waals surface area (Å²) in [5.74, 6) is -1.31. The molecule has 0 aliphatic heterocycles. The van der Waals surface area contributed by atoms with E-state index in [-0.39, 0.29) is 0 Å². The molecule has 2 atom stereocenters. The van der Waals surface area contributed by atoms with Crippen molar-refractivity contribution in [1.82, 2.24) is 5.32 Å². The summed E-state index contributed by atoms with van der Waals surface area (Å²) in [7, 11) is 0. The van der Waals surface area contributed by atoms with E-state index < -0.39 is 24.1 Å². The number of hydrogen-bond donors (Lipinski definition) is 4. The van der Waals surface area contributed by atoms with Crippen molar-refractivity contribution in [1.29, 1.82) is 0 Å². The van der Waals surface area contributed by atoms with E-state index in [1.807, 2.05) is 0 Å². The molecule has 0 saturated carbocycles. The van der Waals surface area contributed by atoms with Gasteiger partial charge in [-0.05, 0) is 31.5 Å². The lowest BCUT2D eigenvalue weighted by Gasteiger charge is -2.18. The summed E-state index contributed by atoms with van der Waals surface area (Å²) in [5, 5.41) is 23.2. The van der Waals surface area contributed by atoms with E-state index in [1.54, 1.807) is 25.1 Å². The molecule has 0 aliphatic rings. The molecule has 0 fully saturated rings. The molecule has 0 bridgehead atoms. The van der Waals surface area contributed by atoms with Crippen molar-refractivity contribution in [3.63, 3.8) is 0 Å². The number of aliphatic hydroxyl groups is 1. The minimum absolute atomic E-state index is 0.450. The zero-order chi connectivity index (χ0) is 14.6. The molecule has 19 heavy (non-hydrogen) atoms. The summed E-state index contributed by atoms with van der Waals surface area (Å²) in [6, 6.07) is 2.85. The fraction of sp³-hybridized carbons (Fsp3) is 0.333. The number of carboxylic acid groups (broad SMARTS) is 1. The molecule has 1 aromatic carbocycles. The van der Waals surface area contributed by atoms with Gasteiger partial charge in [-0.1, -0.05) is 17.7 Å². The standard InChI is InChI=1S/C12H15ClN2O4/c1-6-3-4-8(13)5-9(6)14-12(19)15-10(7(2)16)11(17)18/h3-5,7,10,16H,1-2H3,(H,17,18)(H2,14,15,19)/t7-,10+/m1/s1. The van der Waals surface area contributed by atoms with Crippen LogP contribution in [0.5, 0.6) is 0 Å². The fourth-order valence-electron chi connectivity index (χ4n) is 1.42. The lowest BCUT2D eigenvalue weighted by Crippen LogP contribution is -2.49. The van der Waals surface area contributed by atoms with Gasteiger partial charge in [0.25, 0.3) is 0 Å². The Bertz CT molecular complexity index is 491. The first-order valence-electron chi connectivity index (χ1n) is 5.56. The van der Waals surface area contributed by atoms with Crippen LogP contribution >= 0.6 is 11.6 Å². The van der Waals surface area contributed by atoms with Crippen molar-refractivity contribution in [3.8, 4) is 0 Å². The van der Waals surface area contributed by atoms with Gasteiger partial charge in [-0.15, -0.1) is 0 Å². The summed E-state index contributed by atoms with van der Waals surface area (Å²) in [6.07, 6.45) is -1.20. The molecule has 4 N–H and O–H groups in total. The molecular weight excluding hydrogens is 272 g/mol. The largest absolute Gasteiger partial charge is 0.480 e. The molecule has 0 heterocycles. The van der Waals surface area contributed by atoms with E-state index in [9.17, 15) is 14.7 Å². The second kappa shape index (κ2) is 6.40. The molecule has 0 saturated heterocycles. The normalized spacial score (nSPS) is 13.5. The number of benzene rings is 1. The van der Waals surface area contributed by atoms with Crippen molar-refractivity contribution in [2.75, 3.05) is 5.32 Å². The average Bonchev–Trinajstić information content (AvgIpc) is 2.30. The van der Waals surface area contributed by atoms with Crippen molar-refractivity contribution in [2.45, 2.75) is 26.0 Å². The second-order valence-corrected chi connectivity index (χ2v) is 4.55. The number of carbonyl (C=O) groups is 2. The van der Waals surface area contributed by atoms with Gasteiger partial charge in [0.15, 0.2) is 6.04 Å². The molecule has 0 unspecified atom stereocenters. The lowest BCUT2D eigenvalue weighted by molar-refractivity contribution is -0.141. The Kier molecular flexibility index (Phi) is 5.14. The topological polar surface area (TPSA) is 98.7 Å². The Morgan fingerprint density at radius 1 is 1.37 bits per heavy atom. The predicted octanol–water partition coefficient (Wildman–Crippen LogP) is 1.60. The number of halogens is 1. The van der Waals surface area contributed by atoms with E-state index in [0.717, 1.165) is 5.56 Å². The van der Waals surface area contributed by atoms with Gasteiger partial charge in [-0.2, -0.15) is 0 Å². The van der Waals surface area contributed by atoms with E-state index in [1.165, 1.54) is 6.92 Å². The maximum atomic E-state index is 11.7. The van der Waals surface area contributed by atoms with Crippen LogP contribution < -0.4 is 10.6 Å². The first kappa shape index (κ1) is 15.3. The Morgan fingerprint density at radius 3 is 2.53 bits per heavy atom. The van der Waals surface area contributed by atoms with Gasteiger partial charge < -0.3 is 20.8 Å². The third kappa shape index (κ3) is 4.42. The van der Waals surface area contributed by atoms with Gasteiger partial charge >= 0.3 is 12.0 Å². The van der Waals surface area contributed by atoms with Crippen LogP contribution in [0.1, 0.15) is 12.5 Å². The summed E-state index contributed by atoms with van der Waals surface area (Å²) < 4.78 is 0. The summed E-state index contributed by atoms with van der Waals surface area (Å²) in [5.41, 5.74) is 1.25. The van der Waals surface area contributed by atoms with Crippen LogP contribution in [0, 0.1) is 6.92 Å². The smallest absolute Gasteiger partial charge is 0.328 e. The van der Waals surface area contributed by atoms with Crippen molar-refractivity contribution >= 4 is 29.3 Å². The monoisotopic (exact) mass is 286 g/mol. The number of hydrogen-bond acceptors (Lipinski definition) is 3. The number of carbonyl (C=O) groups excluding carboxylic acids is 1. The molecule has 0 spiro atoms. The summed E-state index contributed by atoms with van der Waals surface area (Å²) in [6.45, 7) is 3.05. The summed E-state index contributed by atoms with van der Waals surface area (Å²) in [4.78, 5) is 22.5. The fourth-order valence-corrected chi connectivity index (χ4v) is 1.59. The number of carboxylic acids is 1. The molecule has 0 radical (unpaired) electrons. The molecule has 1 rings (SSSR count). The van der Waals surface area contributed by atoms with Gasteiger partial charge in [-0.3, -0.25) is 0 Å². The van der Waals surface area contributed by atoms with Crippen LogP contribution in [0.4, 0.5) is 10.5 Å². The zero-order valence-electron chi connectivity index (χ0n) is 10.5. The Labute approximate surface area is 115 Å². The lowest BCUT2D eigenvalue weighted by atomic mass is 10.2. The van der Waals surface area contributed by atoms with Crippen LogP contribution in [0.25, 0.3) is 0 Å². The van der Waals surface area contributed by atoms with Crippen LogP contribution in [0.15, 0.2) is 18.2 Å². The molecular formula is C12H15ClN2O4. The highest BCUT2D eigenvalue weighted by Gasteiger charge is 2.25. The van der Waals surface area contributed by atoms with Crippen molar-refractivity contribution in [2.24, 2.45) is 0 Å². The highest BCUT2D eigenvalue weighted by molar-refractivity contribution is 6.31. The molecule has 6 nitrogen and oxygen atoms in total. The zero-order valence-corrected chi connectivity index (χ0v) is 11.2. The number of anilines is 1. The molecule has 2 amide bonds. The first-order valence-corrected chi connectivity index (χ1v) is 5.93. The summed E-state index contributed by atoms with van der Waals surface area (Å²) >= 11 is 5.80. The number of rotatable bonds is 4. The number of aliphatic carboxylic acids is 1. The maximum Gasteiger partial charge on any atom is 0.328 e. The first-order chi connectivity index (χ1) is 8.81. The quantitative estimate of drug-likeness (QED) is 0.676. The van der Waals surface area contributed by atoms with E-state index in [4.69, 9.17) is 16.7 Å². The molecule has 1 aromatic rings. The van der Waals surface area contributed by atoms with Gasteiger partial charge in [0.05, 0.1) is 6.10 Å². The molecule has 7 heteroatoms.